The second-order valence-corrected chi connectivity index (χ2v) is 7.10. The van der Waals surface area contributed by atoms with Gasteiger partial charge in [0.25, 0.3) is 0 Å². The number of aromatic nitrogens is 1. The number of benzene rings is 2. The minimum absolute atomic E-state index is 0.120. The number of aliphatic hydroxyl groups is 1. The first-order valence-electron chi connectivity index (χ1n) is 9.07. The molecule has 0 spiro atoms. The highest BCUT2D eigenvalue weighted by Crippen LogP contribution is 2.23. The second-order valence-electron chi connectivity index (χ2n) is 6.70. The number of allylic oxidation sites excluding steroid dienone is 6. The average molecular weight is 438 g/mol. The highest BCUT2D eigenvalue weighted by Gasteiger charge is 2.17. The summed E-state index contributed by atoms with van der Waals surface area (Å²) < 4.78 is 6.38. The van der Waals surface area contributed by atoms with E-state index >= 15 is 0 Å². The lowest BCUT2D eigenvalue weighted by Crippen LogP contribution is -2.16. The summed E-state index contributed by atoms with van der Waals surface area (Å²) in [6, 6.07) is 11.1. The van der Waals surface area contributed by atoms with Crippen molar-refractivity contribution in [3.8, 4) is 0 Å². The van der Waals surface area contributed by atoms with Gasteiger partial charge in [-0.05, 0) is 42.5 Å². The molecule has 0 atom stereocenters. The Kier molecular flexibility index (Phi) is 5.22. The van der Waals surface area contributed by atoms with E-state index in [0.717, 1.165) is 0 Å². The van der Waals surface area contributed by atoms with Gasteiger partial charge in [0.1, 0.15) is 5.76 Å². The van der Waals surface area contributed by atoms with E-state index in [9.17, 15) is 25.1 Å². The molecule has 0 amide bonds. The lowest BCUT2D eigenvalue weighted by atomic mass is 10.0. The third-order valence-electron chi connectivity index (χ3n) is 4.77. The number of hydrogen-bond acceptors (Lipinski definition) is 6. The van der Waals surface area contributed by atoms with Gasteiger partial charge in [-0.2, -0.15) is 4.90 Å². The van der Waals surface area contributed by atoms with Crippen LogP contribution in [0, 0.1) is 10.4 Å². The van der Waals surface area contributed by atoms with Crippen LogP contribution in [-0.4, -0.2) is 26.1 Å². The molecule has 156 valence electrons. The Morgan fingerprint density at radius 1 is 1.10 bits per heavy atom. The molecule has 9 heteroatoms. The molecule has 0 saturated carbocycles. The van der Waals surface area contributed by atoms with E-state index in [2.05, 4.69) is 0 Å². The molecular weight excluding hydrogens is 424 g/mol. The number of nitrogens with zero attached hydrogens (tertiary/aromatic N) is 2. The van der Waals surface area contributed by atoms with Crippen LogP contribution in [0.1, 0.15) is 15.9 Å². The molecule has 31 heavy (non-hydrogen) atoms. The Balaban J connectivity index is 1.72. The maximum atomic E-state index is 12.8. The monoisotopic (exact) mass is 437 g/mol. The van der Waals surface area contributed by atoms with Crippen LogP contribution in [0.3, 0.4) is 0 Å². The van der Waals surface area contributed by atoms with Gasteiger partial charge in [-0.3, -0.25) is 9.36 Å². The number of fused-ring (bicyclic) bond motifs is 1. The van der Waals surface area contributed by atoms with Crippen LogP contribution in [0.25, 0.3) is 11.1 Å². The predicted molar refractivity (Wildman–Crippen MR) is 115 cm³/mol. The van der Waals surface area contributed by atoms with Crippen LogP contribution >= 0.6 is 11.6 Å². The van der Waals surface area contributed by atoms with Gasteiger partial charge in [0.15, 0.2) is 11.4 Å². The number of carbonyl (C=O) groups is 1. The van der Waals surface area contributed by atoms with E-state index in [4.69, 9.17) is 16.0 Å². The summed E-state index contributed by atoms with van der Waals surface area (Å²) >= 11 is 6.12. The zero-order chi connectivity index (χ0) is 22.1. The molecule has 3 aromatic rings. The molecule has 8 nitrogen and oxygen atoms in total. The average Bonchev–Trinajstić information content (AvgIpc) is 3.08. The quantitative estimate of drug-likeness (QED) is 0.286. The summed E-state index contributed by atoms with van der Waals surface area (Å²) in [7, 11) is 0. The summed E-state index contributed by atoms with van der Waals surface area (Å²) in [6.07, 6.45) is 5.27. The van der Waals surface area contributed by atoms with Crippen molar-refractivity contribution in [1.29, 1.82) is 0 Å². The zero-order valence-corrected chi connectivity index (χ0v) is 16.6. The summed E-state index contributed by atoms with van der Waals surface area (Å²) in [4.78, 5) is 24.6. The summed E-state index contributed by atoms with van der Waals surface area (Å²) in [6.45, 7) is -0.243. The van der Waals surface area contributed by atoms with E-state index in [-0.39, 0.29) is 29.4 Å². The third kappa shape index (κ3) is 3.88. The highest BCUT2D eigenvalue weighted by molar-refractivity contribution is 6.35. The van der Waals surface area contributed by atoms with Crippen molar-refractivity contribution in [2.45, 2.75) is 6.54 Å². The van der Waals surface area contributed by atoms with E-state index < -0.39 is 10.7 Å². The van der Waals surface area contributed by atoms with Gasteiger partial charge in [0.2, 0.25) is 5.71 Å². The number of carbonyl (C=O) groups excluding carboxylic acids is 1. The summed E-state index contributed by atoms with van der Waals surface area (Å²) in [5.41, 5.74) is 1.38. The molecule has 0 aliphatic heterocycles. The number of oxazole rings is 1. The van der Waals surface area contributed by atoms with Gasteiger partial charge in [-0.1, -0.05) is 23.7 Å². The van der Waals surface area contributed by atoms with Crippen LogP contribution in [0.15, 0.2) is 87.3 Å². The maximum absolute atomic E-state index is 12.8. The topological polar surface area (TPSA) is 122 Å². The first kappa shape index (κ1) is 20.2. The van der Waals surface area contributed by atoms with Crippen molar-refractivity contribution in [3.05, 3.63) is 115 Å². The molecule has 1 heterocycles. The smallest absolute Gasteiger partial charge is 0.420 e. The molecular formula is C22H14ClN2O6-. The molecule has 4 rings (SSSR count). The minimum Gasteiger partial charge on any atom is -0.612 e. The standard InChI is InChI=1S/C22H14ClN2O6/c23-17-4-2-1-3-16(17)21(27)14-7-10-20-18(11-14)24(22(28)31-20)12-19(26)13-5-8-15(9-6-13)25(29)30/h1-11H,12H2,(H-,26,29,30)/q-1. The zero-order valence-electron chi connectivity index (χ0n) is 15.8. The first-order chi connectivity index (χ1) is 14.8. The van der Waals surface area contributed by atoms with Crippen LogP contribution in [0.5, 0.6) is 0 Å². The number of rotatable bonds is 4. The Morgan fingerprint density at radius 3 is 2.48 bits per heavy atom. The van der Waals surface area contributed by atoms with Crippen molar-refractivity contribution < 1.29 is 19.2 Å². The predicted octanol–water partition coefficient (Wildman–Crippen LogP) is 3.87. The van der Waals surface area contributed by atoms with Gasteiger partial charge in [-0.15, -0.1) is 0 Å². The third-order valence-corrected chi connectivity index (χ3v) is 5.10. The molecule has 1 N–H and O–H groups in total. The maximum Gasteiger partial charge on any atom is 0.420 e. The van der Waals surface area contributed by atoms with Crippen molar-refractivity contribution in [3.63, 3.8) is 0 Å². The number of hydrogen-bond donors (Lipinski definition) is 1. The largest absolute Gasteiger partial charge is 0.612 e. The number of ketones is 1. The van der Waals surface area contributed by atoms with Gasteiger partial charge in [0, 0.05) is 28.9 Å². The van der Waals surface area contributed by atoms with Crippen molar-refractivity contribution in [1.82, 2.24) is 4.57 Å². The molecule has 1 aliphatic rings. The van der Waals surface area contributed by atoms with E-state index in [1.807, 2.05) is 0 Å². The fourth-order valence-corrected chi connectivity index (χ4v) is 3.39. The Hall–Kier alpha value is -4.04. The lowest BCUT2D eigenvalue weighted by molar-refractivity contribution is -0.377. The van der Waals surface area contributed by atoms with Crippen molar-refractivity contribution in [2.24, 2.45) is 0 Å². The number of aliphatic hydroxyl groups excluding tert-OH is 1. The Morgan fingerprint density at radius 2 is 1.81 bits per heavy atom. The molecule has 0 radical (unpaired) electrons. The fourth-order valence-electron chi connectivity index (χ4n) is 3.17. The molecule has 0 saturated heterocycles. The fraction of sp³-hybridized carbons (Fsp3) is 0.0455. The normalized spacial score (nSPS) is 13.1. The van der Waals surface area contributed by atoms with Crippen LogP contribution in [0.2, 0.25) is 5.02 Å². The van der Waals surface area contributed by atoms with E-state index in [1.54, 1.807) is 24.3 Å². The Bertz CT molecular complexity index is 1370. The molecule has 1 aliphatic carbocycles. The van der Waals surface area contributed by atoms with Crippen LogP contribution in [0.4, 0.5) is 0 Å². The molecule has 0 bridgehead atoms. The summed E-state index contributed by atoms with van der Waals surface area (Å²) in [5, 5.41) is 32.3. The van der Waals surface area contributed by atoms with E-state index in [0.29, 0.717) is 27.2 Å². The molecule has 2 aromatic carbocycles. The second kappa shape index (κ2) is 8.00. The first-order valence-corrected chi connectivity index (χ1v) is 9.45. The van der Waals surface area contributed by atoms with Gasteiger partial charge in [0.05, 0.1) is 17.1 Å². The van der Waals surface area contributed by atoms with Crippen molar-refractivity contribution >= 4 is 34.2 Å². The van der Waals surface area contributed by atoms with E-state index in [1.165, 1.54) is 47.1 Å². The SMILES string of the molecule is O=C(c1ccc2oc(=O)n(CC(O)=C3C=CC(=[N+]([O-])[O-])C=C3)c2c1)c1ccccc1Cl. The molecule has 1 aromatic heterocycles. The van der Waals surface area contributed by atoms with Gasteiger partial charge in [-0.25, -0.2) is 4.79 Å². The van der Waals surface area contributed by atoms with Gasteiger partial charge < -0.3 is 19.9 Å². The van der Waals surface area contributed by atoms with Crippen molar-refractivity contribution in [2.75, 3.05) is 0 Å². The van der Waals surface area contributed by atoms with Crippen LogP contribution in [-0.2, 0) is 6.54 Å². The molecule has 0 unspecified atom stereocenters. The Labute approximate surface area is 180 Å². The minimum atomic E-state index is -0.717. The summed E-state index contributed by atoms with van der Waals surface area (Å²) in [5.74, 6) is -1.23. The van der Waals surface area contributed by atoms with Gasteiger partial charge >= 0.3 is 5.76 Å². The number of halogens is 1. The van der Waals surface area contributed by atoms with Crippen LogP contribution < -0.4 is 5.76 Å². The highest BCUT2D eigenvalue weighted by atomic mass is 35.5. The lowest BCUT2D eigenvalue weighted by Gasteiger charge is -2.10. The molecule has 0 fully saturated rings.